The predicted octanol–water partition coefficient (Wildman–Crippen LogP) is 1.55. The van der Waals surface area contributed by atoms with Crippen LogP contribution in [-0.2, 0) is 9.59 Å². The maximum absolute atomic E-state index is 11.6. The van der Waals surface area contributed by atoms with Crippen LogP contribution in [0.5, 0.6) is 0 Å². The van der Waals surface area contributed by atoms with Gasteiger partial charge in [-0.25, -0.2) is 0 Å². The molecule has 0 bridgehead atoms. The SMILES string of the molecule is CC(C)c1ccc(NC(=O)[C@@H](N)CC(=O)O)cc1. The Morgan fingerprint density at radius 1 is 1.28 bits per heavy atom. The Kier molecular flexibility index (Phi) is 4.85. The van der Waals surface area contributed by atoms with Crippen LogP contribution in [0.1, 0.15) is 31.7 Å². The first-order chi connectivity index (χ1) is 8.40. The molecule has 0 spiro atoms. The Labute approximate surface area is 106 Å². The molecule has 0 aromatic heterocycles. The van der Waals surface area contributed by atoms with Crippen molar-refractivity contribution < 1.29 is 14.7 Å². The molecule has 0 fully saturated rings. The zero-order valence-electron chi connectivity index (χ0n) is 10.5. The molecular weight excluding hydrogens is 232 g/mol. The number of nitrogens with one attached hydrogen (secondary N) is 1. The van der Waals surface area contributed by atoms with Gasteiger partial charge in [0, 0.05) is 5.69 Å². The van der Waals surface area contributed by atoms with Crippen LogP contribution in [-0.4, -0.2) is 23.0 Å². The average Bonchev–Trinajstić information content (AvgIpc) is 2.28. The molecule has 0 aliphatic rings. The summed E-state index contributed by atoms with van der Waals surface area (Å²) in [6.07, 6.45) is -0.379. The lowest BCUT2D eigenvalue weighted by Gasteiger charge is -2.11. The van der Waals surface area contributed by atoms with Gasteiger partial charge in [0.25, 0.3) is 0 Å². The molecule has 1 rings (SSSR count). The average molecular weight is 250 g/mol. The van der Waals surface area contributed by atoms with Crippen LogP contribution >= 0.6 is 0 Å². The second kappa shape index (κ2) is 6.16. The van der Waals surface area contributed by atoms with Crippen molar-refractivity contribution in [2.45, 2.75) is 32.2 Å². The summed E-state index contributed by atoms with van der Waals surface area (Å²) in [6, 6.07) is 6.36. The number of hydrogen-bond acceptors (Lipinski definition) is 3. The van der Waals surface area contributed by atoms with Crippen molar-refractivity contribution in [1.82, 2.24) is 0 Å². The predicted molar refractivity (Wildman–Crippen MR) is 69.4 cm³/mol. The molecular formula is C13H18N2O3. The fourth-order valence-corrected chi connectivity index (χ4v) is 1.47. The maximum Gasteiger partial charge on any atom is 0.305 e. The van der Waals surface area contributed by atoms with Crippen molar-refractivity contribution >= 4 is 17.6 Å². The third-order valence-electron chi connectivity index (χ3n) is 2.58. The number of aliphatic carboxylic acids is 1. The zero-order valence-corrected chi connectivity index (χ0v) is 10.5. The summed E-state index contributed by atoms with van der Waals surface area (Å²) in [4.78, 5) is 22.0. The first-order valence-electron chi connectivity index (χ1n) is 5.78. The molecule has 1 amide bonds. The first kappa shape index (κ1) is 14.2. The minimum Gasteiger partial charge on any atom is -0.481 e. The number of carbonyl (C=O) groups excluding carboxylic acids is 1. The molecule has 18 heavy (non-hydrogen) atoms. The Morgan fingerprint density at radius 3 is 2.28 bits per heavy atom. The number of amides is 1. The van der Waals surface area contributed by atoms with Crippen LogP contribution in [0, 0.1) is 0 Å². The topological polar surface area (TPSA) is 92.4 Å². The molecule has 1 aromatic rings. The number of carbonyl (C=O) groups is 2. The number of carboxylic acids is 1. The van der Waals surface area contributed by atoms with Gasteiger partial charge >= 0.3 is 5.97 Å². The molecule has 0 aliphatic heterocycles. The molecule has 4 N–H and O–H groups in total. The summed E-state index contributed by atoms with van der Waals surface area (Å²) in [7, 11) is 0. The van der Waals surface area contributed by atoms with Crippen LogP contribution in [0.15, 0.2) is 24.3 Å². The molecule has 0 aliphatic carbocycles. The standard InChI is InChI=1S/C13H18N2O3/c1-8(2)9-3-5-10(6-4-9)15-13(18)11(14)7-12(16)17/h3-6,8,11H,7,14H2,1-2H3,(H,15,18)(H,16,17)/t11-/m0/s1. The number of rotatable bonds is 5. The van der Waals surface area contributed by atoms with Crippen LogP contribution in [0.2, 0.25) is 0 Å². The van der Waals surface area contributed by atoms with E-state index in [0.29, 0.717) is 11.6 Å². The van der Waals surface area contributed by atoms with Crippen molar-refractivity contribution in [3.05, 3.63) is 29.8 Å². The Bertz CT molecular complexity index is 426. The third-order valence-corrected chi connectivity index (χ3v) is 2.58. The van der Waals surface area contributed by atoms with Crippen molar-refractivity contribution in [3.63, 3.8) is 0 Å². The molecule has 5 heteroatoms. The largest absolute Gasteiger partial charge is 0.481 e. The highest BCUT2D eigenvalue weighted by molar-refractivity contribution is 5.96. The van der Waals surface area contributed by atoms with Crippen LogP contribution in [0.3, 0.4) is 0 Å². The van der Waals surface area contributed by atoms with E-state index in [2.05, 4.69) is 19.2 Å². The Balaban J connectivity index is 2.62. The van der Waals surface area contributed by atoms with Crippen LogP contribution in [0.25, 0.3) is 0 Å². The molecule has 98 valence electrons. The van der Waals surface area contributed by atoms with Crippen molar-refractivity contribution in [2.24, 2.45) is 5.73 Å². The summed E-state index contributed by atoms with van der Waals surface area (Å²) in [5.41, 5.74) is 7.24. The van der Waals surface area contributed by atoms with E-state index < -0.39 is 17.9 Å². The number of nitrogens with two attached hydrogens (primary N) is 1. The maximum atomic E-state index is 11.6. The number of anilines is 1. The van der Waals surface area contributed by atoms with Gasteiger partial charge in [-0.2, -0.15) is 0 Å². The van der Waals surface area contributed by atoms with E-state index in [0.717, 1.165) is 0 Å². The van der Waals surface area contributed by atoms with E-state index in [1.54, 1.807) is 12.1 Å². The molecule has 0 unspecified atom stereocenters. The van der Waals surface area contributed by atoms with Crippen molar-refractivity contribution in [3.8, 4) is 0 Å². The van der Waals surface area contributed by atoms with E-state index in [-0.39, 0.29) is 6.42 Å². The van der Waals surface area contributed by atoms with Crippen molar-refractivity contribution in [1.29, 1.82) is 0 Å². The van der Waals surface area contributed by atoms with Crippen molar-refractivity contribution in [2.75, 3.05) is 5.32 Å². The summed E-state index contributed by atoms with van der Waals surface area (Å²) >= 11 is 0. The number of benzene rings is 1. The molecule has 0 saturated carbocycles. The molecule has 0 heterocycles. The smallest absolute Gasteiger partial charge is 0.305 e. The van der Waals surface area contributed by atoms with Gasteiger partial charge in [-0.05, 0) is 23.6 Å². The van der Waals surface area contributed by atoms with Gasteiger partial charge in [0.2, 0.25) is 5.91 Å². The Morgan fingerprint density at radius 2 is 1.83 bits per heavy atom. The third kappa shape index (κ3) is 4.18. The number of carboxylic acid groups (broad SMARTS) is 1. The van der Waals surface area contributed by atoms with Gasteiger partial charge in [-0.15, -0.1) is 0 Å². The molecule has 0 saturated heterocycles. The van der Waals surface area contributed by atoms with Crippen LogP contribution in [0.4, 0.5) is 5.69 Å². The lowest BCUT2D eigenvalue weighted by Crippen LogP contribution is -2.37. The summed E-state index contributed by atoms with van der Waals surface area (Å²) in [5, 5.41) is 11.1. The summed E-state index contributed by atoms with van der Waals surface area (Å²) in [6.45, 7) is 4.16. The quantitative estimate of drug-likeness (QED) is 0.739. The highest BCUT2D eigenvalue weighted by atomic mass is 16.4. The van der Waals surface area contributed by atoms with Gasteiger partial charge in [0.1, 0.15) is 0 Å². The van der Waals surface area contributed by atoms with Gasteiger partial charge in [0.05, 0.1) is 12.5 Å². The number of hydrogen-bond donors (Lipinski definition) is 3. The van der Waals surface area contributed by atoms with Gasteiger partial charge < -0.3 is 16.2 Å². The molecule has 0 radical (unpaired) electrons. The van der Waals surface area contributed by atoms with E-state index in [9.17, 15) is 9.59 Å². The van der Waals surface area contributed by atoms with E-state index >= 15 is 0 Å². The first-order valence-corrected chi connectivity index (χ1v) is 5.78. The van der Waals surface area contributed by atoms with Gasteiger partial charge in [-0.1, -0.05) is 26.0 Å². The molecule has 5 nitrogen and oxygen atoms in total. The van der Waals surface area contributed by atoms with E-state index in [1.165, 1.54) is 5.56 Å². The highest BCUT2D eigenvalue weighted by Crippen LogP contribution is 2.17. The highest BCUT2D eigenvalue weighted by Gasteiger charge is 2.16. The van der Waals surface area contributed by atoms with E-state index in [4.69, 9.17) is 10.8 Å². The van der Waals surface area contributed by atoms with Crippen LogP contribution < -0.4 is 11.1 Å². The van der Waals surface area contributed by atoms with Gasteiger partial charge in [-0.3, -0.25) is 9.59 Å². The van der Waals surface area contributed by atoms with Gasteiger partial charge in [0.15, 0.2) is 0 Å². The Hall–Kier alpha value is -1.88. The fraction of sp³-hybridized carbons (Fsp3) is 0.385. The second-order valence-electron chi connectivity index (χ2n) is 4.47. The minimum atomic E-state index is -1.09. The summed E-state index contributed by atoms with van der Waals surface area (Å²) < 4.78 is 0. The summed E-state index contributed by atoms with van der Waals surface area (Å²) in [5.74, 6) is -1.16. The molecule has 1 aromatic carbocycles. The second-order valence-corrected chi connectivity index (χ2v) is 4.47. The molecule has 1 atom stereocenters. The zero-order chi connectivity index (χ0) is 13.7. The lowest BCUT2D eigenvalue weighted by molar-refractivity contribution is -0.138. The minimum absolute atomic E-state index is 0.379. The normalized spacial score (nSPS) is 12.2. The fourth-order valence-electron chi connectivity index (χ4n) is 1.47. The monoisotopic (exact) mass is 250 g/mol. The van der Waals surface area contributed by atoms with E-state index in [1.807, 2.05) is 12.1 Å². The lowest BCUT2D eigenvalue weighted by atomic mass is 10.0.